The van der Waals surface area contributed by atoms with Gasteiger partial charge in [-0.05, 0) is 30.7 Å². The van der Waals surface area contributed by atoms with Gasteiger partial charge in [-0.15, -0.1) is 11.8 Å². The number of pyridine rings is 1. The minimum atomic E-state index is -4.46. The van der Waals surface area contributed by atoms with Crippen LogP contribution in [0.5, 0.6) is 5.88 Å². The van der Waals surface area contributed by atoms with Crippen LogP contribution in [0, 0.1) is 0 Å². The lowest BCUT2D eigenvalue weighted by Gasteiger charge is -2.13. The molecule has 10 heteroatoms. The summed E-state index contributed by atoms with van der Waals surface area (Å²) in [5.41, 5.74) is 0.898. The number of thioether (sulfide) groups is 1. The zero-order valence-corrected chi connectivity index (χ0v) is 16.5. The number of carbonyl (C=O) groups excluding carboxylic acids is 2. The lowest BCUT2D eigenvalue weighted by molar-refractivity contribution is -0.154. The van der Waals surface area contributed by atoms with E-state index in [0.717, 1.165) is 0 Å². The number of alkyl halides is 3. The minimum absolute atomic E-state index is 0.0648. The third-order valence-electron chi connectivity index (χ3n) is 3.60. The lowest BCUT2D eigenvalue weighted by Crippen LogP contribution is -2.24. The maximum absolute atomic E-state index is 12.6. The zero-order chi connectivity index (χ0) is 21.4. The molecule has 2 aromatic rings. The first kappa shape index (κ1) is 22.5. The first-order valence-electron chi connectivity index (χ1n) is 8.46. The van der Waals surface area contributed by atoms with Crippen molar-refractivity contribution in [1.82, 2.24) is 10.3 Å². The van der Waals surface area contributed by atoms with Gasteiger partial charge >= 0.3 is 12.1 Å². The van der Waals surface area contributed by atoms with Crippen molar-refractivity contribution >= 4 is 23.6 Å². The Morgan fingerprint density at radius 2 is 1.97 bits per heavy atom. The number of nitrogens with zero attached hydrogens (tertiary/aromatic N) is 1. The van der Waals surface area contributed by atoms with E-state index in [2.05, 4.69) is 15.0 Å². The normalized spacial score (nSPS) is 12.2. The van der Waals surface area contributed by atoms with Gasteiger partial charge in [-0.2, -0.15) is 13.2 Å². The van der Waals surface area contributed by atoms with Gasteiger partial charge in [0.05, 0.1) is 12.7 Å². The van der Waals surface area contributed by atoms with Crippen molar-refractivity contribution in [3.05, 3.63) is 53.7 Å². The fourth-order valence-corrected chi connectivity index (χ4v) is 3.25. The number of hydrogen-bond acceptors (Lipinski definition) is 6. The summed E-state index contributed by atoms with van der Waals surface area (Å²) >= 11 is 1.19. The van der Waals surface area contributed by atoms with Crippen LogP contribution in [0.2, 0.25) is 0 Å². The Bertz CT molecular complexity index is 861. The molecule has 2 rings (SSSR count). The Hall–Kier alpha value is -2.75. The number of ether oxygens (including phenoxy) is 2. The van der Waals surface area contributed by atoms with Crippen LogP contribution in [0.15, 0.2) is 47.5 Å². The number of aromatic nitrogens is 1. The molecule has 1 aromatic carbocycles. The van der Waals surface area contributed by atoms with Crippen LogP contribution in [0.4, 0.5) is 13.2 Å². The van der Waals surface area contributed by atoms with Crippen LogP contribution in [0.25, 0.3) is 0 Å². The van der Waals surface area contributed by atoms with E-state index in [0.29, 0.717) is 16.0 Å². The molecule has 1 heterocycles. The maximum Gasteiger partial charge on any atom is 0.422 e. The molecule has 0 bridgehead atoms. The Labute approximate surface area is 169 Å². The van der Waals surface area contributed by atoms with Crippen molar-refractivity contribution in [3.8, 4) is 5.88 Å². The maximum atomic E-state index is 12.6. The Morgan fingerprint density at radius 1 is 1.24 bits per heavy atom. The number of amides is 1. The largest absolute Gasteiger partial charge is 0.468 e. The zero-order valence-electron chi connectivity index (χ0n) is 15.7. The summed E-state index contributed by atoms with van der Waals surface area (Å²) in [6, 6.07) is 9.65. The van der Waals surface area contributed by atoms with Gasteiger partial charge in [0.25, 0.3) is 5.91 Å². The van der Waals surface area contributed by atoms with E-state index in [1.807, 2.05) is 0 Å². The second kappa shape index (κ2) is 10.1. The van der Waals surface area contributed by atoms with Gasteiger partial charge in [-0.1, -0.05) is 12.1 Å². The summed E-state index contributed by atoms with van der Waals surface area (Å²) in [5, 5.41) is 2.20. The number of methoxy groups -OCH3 is 1. The summed E-state index contributed by atoms with van der Waals surface area (Å²) in [6.45, 7) is 0.290. The molecule has 1 atom stereocenters. The molecule has 1 aromatic heterocycles. The van der Waals surface area contributed by atoms with Crippen molar-refractivity contribution in [2.75, 3.05) is 13.7 Å². The third-order valence-corrected chi connectivity index (χ3v) is 4.76. The highest BCUT2D eigenvalue weighted by Crippen LogP contribution is 2.27. The molecule has 0 fully saturated rings. The van der Waals surface area contributed by atoms with E-state index < -0.39 is 24.0 Å². The average Bonchev–Trinajstić information content (AvgIpc) is 2.70. The van der Waals surface area contributed by atoms with Crippen molar-refractivity contribution in [2.45, 2.75) is 29.8 Å². The van der Waals surface area contributed by atoms with Gasteiger partial charge in [0, 0.05) is 23.7 Å². The molecular formula is C19H19F3N2O4S. The number of benzene rings is 1. The molecule has 0 saturated heterocycles. The summed E-state index contributed by atoms with van der Waals surface area (Å²) < 4.78 is 46.0. The number of carbonyl (C=O) groups is 2. The molecule has 0 aliphatic carbocycles. The van der Waals surface area contributed by atoms with Crippen molar-refractivity contribution in [2.24, 2.45) is 0 Å². The fourth-order valence-electron chi connectivity index (χ4n) is 2.23. The minimum Gasteiger partial charge on any atom is -0.468 e. The van der Waals surface area contributed by atoms with Crippen LogP contribution >= 0.6 is 11.8 Å². The van der Waals surface area contributed by atoms with Crippen LogP contribution in [0.1, 0.15) is 22.8 Å². The SMILES string of the molecule is COC(=O)C(C)Sc1ccccc1C(=O)NCc1ccnc(OCC(F)(F)F)c1. The number of rotatable bonds is 8. The van der Waals surface area contributed by atoms with Gasteiger partial charge in [0.15, 0.2) is 6.61 Å². The summed E-state index contributed by atoms with van der Waals surface area (Å²) in [5.74, 6) is -0.981. The average molecular weight is 428 g/mol. The van der Waals surface area contributed by atoms with Gasteiger partial charge in [0.1, 0.15) is 5.25 Å². The number of hydrogen-bond donors (Lipinski definition) is 1. The number of esters is 1. The van der Waals surface area contributed by atoms with Gasteiger partial charge in [0.2, 0.25) is 5.88 Å². The molecule has 0 radical (unpaired) electrons. The monoisotopic (exact) mass is 428 g/mol. The first-order chi connectivity index (χ1) is 13.7. The van der Waals surface area contributed by atoms with Crippen LogP contribution in [0.3, 0.4) is 0 Å². The van der Waals surface area contributed by atoms with Crippen molar-refractivity contribution in [3.63, 3.8) is 0 Å². The lowest BCUT2D eigenvalue weighted by atomic mass is 10.2. The standard InChI is InChI=1S/C19H19F3N2O4S/c1-12(18(26)27-2)29-15-6-4-3-5-14(15)17(25)24-10-13-7-8-23-16(9-13)28-11-19(20,21)22/h3-9,12H,10-11H2,1-2H3,(H,24,25). The van der Waals surface area contributed by atoms with Gasteiger partial charge in [-0.3, -0.25) is 9.59 Å². The van der Waals surface area contributed by atoms with E-state index in [4.69, 9.17) is 4.74 Å². The Kier molecular flexibility index (Phi) is 7.89. The highest BCUT2D eigenvalue weighted by Gasteiger charge is 2.28. The molecule has 0 saturated carbocycles. The molecule has 156 valence electrons. The second-order valence-corrected chi connectivity index (χ2v) is 7.25. The topological polar surface area (TPSA) is 77.5 Å². The molecule has 1 unspecified atom stereocenters. The third kappa shape index (κ3) is 7.30. The quantitative estimate of drug-likeness (QED) is 0.511. The summed E-state index contributed by atoms with van der Waals surface area (Å²) in [6.07, 6.45) is -3.16. The number of nitrogens with one attached hydrogen (secondary N) is 1. The molecule has 1 N–H and O–H groups in total. The summed E-state index contributed by atoms with van der Waals surface area (Å²) in [7, 11) is 1.29. The molecule has 0 aliphatic rings. The molecule has 0 aliphatic heterocycles. The summed E-state index contributed by atoms with van der Waals surface area (Å²) in [4.78, 5) is 28.5. The molecule has 29 heavy (non-hydrogen) atoms. The molecular weight excluding hydrogens is 409 g/mol. The first-order valence-corrected chi connectivity index (χ1v) is 9.34. The second-order valence-electron chi connectivity index (χ2n) is 5.87. The number of halogens is 3. The van der Waals surface area contributed by atoms with E-state index in [-0.39, 0.29) is 18.3 Å². The van der Waals surface area contributed by atoms with Crippen molar-refractivity contribution < 1.29 is 32.2 Å². The van der Waals surface area contributed by atoms with Crippen LogP contribution in [-0.2, 0) is 16.1 Å². The van der Waals surface area contributed by atoms with Crippen LogP contribution in [-0.4, -0.2) is 42.0 Å². The van der Waals surface area contributed by atoms with E-state index in [1.165, 1.54) is 31.1 Å². The van der Waals surface area contributed by atoms with Crippen molar-refractivity contribution in [1.29, 1.82) is 0 Å². The predicted molar refractivity (Wildman–Crippen MR) is 101 cm³/mol. The molecule has 6 nitrogen and oxygen atoms in total. The van der Waals surface area contributed by atoms with E-state index in [1.54, 1.807) is 37.3 Å². The fraction of sp³-hybridized carbons (Fsp3) is 0.316. The smallest absolute Gasteiger partial charge is 0.422 e. The molecule has 1 amide bonds. The van der Waals surface area contributed by atoms with Gasteiger partial charge in [-0.25, -0.2) is 4.98 Å². The van der Waals surface area contributed by atoms with E-state index >= 15 is 0 Å². The van der Waals surface area contributed by atoms with E-state index in [9.17, 15) is 22.8 Å². The van der Waals surface area contributed by atoms with Crippen LogP contribution < -0.4 is 10.1 Å². The Balaban J connectivity index is 2.02. The molecule has 0 spiro atoms. The highest BCUT2D eigenvalue weighted by atomic mass is 32.2. The predicted octanol–water partition coefficient (Wildman–Crippen LogP) is 3.61. The Morgan fingerprint density at radius 3 is 2.66 bits per heavy atom. The highest BCUT2D eigenvalue weighted by molar-refractivity contribution is 8.00. The van der Waals surface area contributed by atoms with Gasteiger partial charge < -0.3 is 14.8 Å².